The molecule has 0 radical (unpaired) electrons. The molecule has 0 aliphatic carbocycles. The molecule has 1 atom stereocenters. The lowest BCUT2D eigenvalue weighted by molar-refractivity contribution is 0.191. The van der Waals surface area contributed by atoms with Gasteiger partial charge in [0.1, 0.15) is 0 Å². The van der Waals surface area contributed by atoms with Crippen LogP contribution in [-0.4, -0.2) is 47.3 Å². The lowest BCUT2D eigenvalue weighted by atomic mass is 10.2. The summed E-state index contributed by atoms with van der Waals surface area (Å²) in [5.41, 5.74) is 1.02. The minimum atomic E-state index is -3.11. The number of hydrogen-bond donors (Lipinski definition) is 0. The van der Waals surface area contributed by atoms with E-state index in [4.69, 9.17) is 27.7 Å². The molecular weight excluding hydrogens is 354 g/mol. The van der Waals surface area contributed by atoms with Gasteiger partial charge in [-0.2, -0.15) is 0 Å². The van der Waals surface area contributed by atoms with Crippen LogP contribution >= 0.6 is 30.9 Å². The number of piperidine rings is 1. The van der Waals surface area contributed by atoms with Crippen LogP contribution in [0.3, 0.4) is 0 Å². The van der Waals surface area contributed by atoms with Gasteiger partial charge in [0.25, 0.3) is 0 Å². The highest BCUT2D eigenvalue weighted by molar-refractivity contribution is 7.53. The zero-order valence-electron chi connectivity index (χ0n) is 13.4. The van der Waals surface area contributed by atoms with Crippen molar-refractivity contribution in [2.75, 3.05) is 37.9 Å². The Morgan fingerprint density at radius 1 is 1.04 bits per heavy atom. The van der Waals surface area contributed by atoms with Crippen molar-refractivity contribution in [1.82, 2.24) is 9.34 Å². The maximum absolute atomic E-state index is 13.7. The minimum absolute atomic E-state index is 0.329. The van der Waals surface area contributed by atoms with Crippen LogP contribution in [0.25, 0.3) is 0 Å². The molecule has 1 heterocycles. The van der Waals surface area contributed by atoms with Crippen molar-refractivity contribution in [3.63, 3.8) is 0 Å². The molecule has 0 spiro atoms. The molecule has 0 amide bonds. The van der Waals surface area contributed by atoms with E-state index in [1.54, 1.807) is 0 Å². The van der Waals surface area contributed by atoms with E-state index >= 15 is 0 Å². The Morgan fingerprint density at radius 2 is 1.65 bits per heavy atom. The van der Waals surface area contributed by atoms with Crippen LogP contribution in [0.1, 0.15) is 24.8 Å². The van der Waals surface area contributed by atoms with Gasteiger partial charge in [0.05, 0.1) is 6.61 Å². The van der Waals surface area contributed by atoms with Gasteiger partial charge in [-0.3, -0.25) is 4.57 Å². The van der Waals surface area contributed by atoms with Gasteiger partial charge in [0.2, 0.25) is 0 Å². The highest BCUT2D eigenvalue weighted by Gasteiger charge is 2.38. The lowest BCUT2D eigenvalue weighted by Gasteiger charge is -2.39. The van der Waals surface area contributed by atoms with Crippen molar-refractivity contribution in [3.05, 3.63) is 35.9 Å². The van der Waals surface area contributed by atoms with E-state index in [1.807, 2.05) is 39.7 Å². The fraction of sp³-hybridized carbons (Fsp3) is 0.625. The van der Waals surface area contributed by atoms with E-state index in [1.165, 1.54) is 6.42 Å². The Bertz CT molecular complexity index is 492. The molecule has 23 heavy (non-hydrogen) atoms. The molecule has 1 fully saturated rings. The molecule has 4 nitrogen and oxygen atoms in total. The van der Waals surface area contributed by atoms with E-state index in [0.717, 1.165) is 31.5 Å². The van der Waals surface area contributed by atoms with Crippen LogP contribution in [0.2, 0.25) is 0 Å². The number of alkyl halides is 2. The highest BCUT2D eigenvalue weighted by Crippen LogP contribution is 2.55. The third kappa shape index (κ3) is 5.45. The number of benzene rings is 1. The summed E-state index contributed by atoms with van der Waals surface area (Å²) in [5.74, 6) is 0.812. The van der Waals surface area contributed by atoms with Gasteiger partial charge in [-0.1, -0.05) is 36.8 Å². The molecule has 0 saturated carbocycles. The van der Waals surface area contributed by atoms with Crippen molar-refractivity contribution in [1.29, 1.82) is 0 Å². The van der Waals surface area contributed by atoms with Gasteiger partial charge in [0.15, 0.2) is 0 Å². The Morgan fingerprint density at radius 3 is 2.22 bits per heavy atom. The predicted molar refractivity (Wildman–Crippen MR) is 97.3 cm³/mol. The Hall–Kier alpha value is -0.0900. The molecule has 130 valence electrons. The molecule has 1 saturated heterocycles. The minimum Gasteiger partial charge on any atom is -0.301 e. The Balaban J connectivity index is 2.16. The molecule has 0 bridgehead atoms. The summed E-state index contributed by atoms with van der Waals surface area (Å²) in [4.78, 5) is 0. The van der Waals surface area contributed by atoms with Gasteiger partial charge in [0, 0.05) is 37.9 Å². The van der Waals surface area contributed by atoms with Gasteiger partial charge in [-0.15, -0.1) is 23.2 Å². The first kappa shape index (κ1) is 19.2. The second kappa shape index (κ2) is 10.0. The summed E-state index contributed by atoms with van der Waals surface area (Å²) in [7, 11) is -3.11. The summed E-state index contributed by atoms with van der Waals surface area (Å²) >= 11 is 11.8. The number of hydrogen-bond acceptors (Lipinski definition) is 2. The monoisotopic (exact) mass is 378 g/mol. The van der Waals surface area contributed by atoms with E-state index in [9.17, 15) is 4.57 Å². The SMILES string of the molecule is O=P(OCc1ccccc1)(N(CCCl)CCCl)N1CCCCC1. The molecule has 1 aliphatic heterocycles. The fourth-order valence-electron chi connectivity index (χ4n) is 2.76. The first-order valence-electron chi connectivity index (χ1n) is 8.12. The molecule has 1 aromatic rings. The topological polar surface area (TPSA) is 32.8 Å². The van der Waals surface area contributed by atoms with Crippen LogP contribution in [0.15, 0.2) is 30.3 Å². The summed E-state index contributed by atoms with van der Waals surface area (Å²) in [6.07, 6.45) is 3.28. The van der Waals surface area contributed by atoms with E-state index in [0.29, 0.717) is 31.5 Å². The van der Waals surface area contributed by atoms with Crippen molar-refractivity contribution >= 4 is 30.9 Å². The number of rotatable bonds is 9. The second-order valence-electron chi connectivity index (χ2n) is 5.60. The summed E-state index contributed by atoms with van der Waals surface area (Å²) in [6.45, 7) is 2.95. The van der Waals surface area contributed by atoms with Crippen LogP contribution in [0.4, 0.5) is 0 Å². The smallest absolute Gasteiger partial charge is 0.301 e. The van der Waals surface area contributed by atoms with Gasteiger partial charge in [-0.25, -0.2) is 9.34 Å². The predicted octanol–water partition coefficient (Wildman–Crippen LogP) is 4.58. The first-order chi connectivity index (χ1) is 11.2. The van der Waals surface area contributed by atoms with Crippen LogP contribution in [0.5, 0.6) is 0 Å². The normalized spacial score (nSPS) is 18.9. The average Bonchev–Trinajstić information content (AvgIpc) is 2.61. The molecule has 1 aromatic carbocycles. The Labute approximate surface area is 149 Å². The van der Waals surface area contributed by atoms with Crippen molar-refractivity contribution in [2.24, 2.45) is 0 Å². The largest absolute Gasteiger partial charge is 0.346 e. The van der Waals surface area contributed by atoms with E-state index in [2.05, 4.69) is 0 Å². The quantitative estimate of drug-likeness (QED) is 0.465. The maximum atomic E-state index is 13.7. The molecule has 1 aliphatic rings. The van der Waals surface area contributed by atoms with Gasteiger partial charge in [-0.05, 0) is 18.4 Å². The highest BCUT2D eigenvalue weighted by atomic mass is 35.5. The molecular formula is C16H25Cl2N2O2P. The average molecular weight is 379 g/mol. The number of nitrogens with zero attached hydrogens (tertiary/aromatic N) is 2. The first-order valence-corrected chi connectivity index (χ1v) is 10.7. The molecule has 7 heteroatoms. The van der Waals surface area contributed by atoms with E-state index < -0.39 is 7.67 Å². The third-order valence-electron chi connectivity index (χ3n) is 3.97. The van der Waals surface area contributed by atoms with Crippen molar-refractivity contribution in [2.45, 2.75) is 25.9 Å². The van der Waals surface area contributed by atoms with Gasteiger partial charge < -0.3 is 4.52 Å². The van der Waals surface area contributed by atoms with E-state index in [-0.39, 0.29) is 0 Å². The summed E-state index contributed by atoms with van der Waals surface area (Å²) in [6, 6.07) is 9.84. The third-order valence-corrected chi connectivity index (χ3v) is 7.01. The maximum Gasteiger partial charge on any atom is 0.346 e. The molecule has 2 rings (SSSR count). The second-order valence-corrected chi connectivity index (χ2v) is 8.72. The van der Waals surface area contributed by atoms with Crippen LogP contribution < -0.4 is 0 Å². The summed E-state index contributed by atoms with van der Waals surface area (Å²) < 4.78 is 23.6. The number of halogens is 2. The molecule has 0 N–H and O–H groups in total. The van der Waals surface area contributed by atoms with Crippen molar-refractivity contribution < 1.29 is 9.09 Å². The Kier molecular flexibility index (Phi) is 8.39. The molecule has 0 aromatic heterocycles. The van der Waals surface area contributed by atoms with Crippen molar-refractivity contribution in [3.8, 4) is 0 Å². The zero-order chi connectivity index (χ0) is 16.5. The summed E-state index contributed by atoms with van der Waals surface area (Å²) in [5, 5.41) is 0. The standard InChI is InChI=1S/C16H25Cl2N2O2P/c17-9-13-20(14-10-18)23(21,19-11-5-2-6-12-19)22-15-16-7-3-1-4-8-16/h1,3-4,7-8H,2,5-6,9-15H2. The lowest BCUT2D eigenvalue weighted by Crippen LogP contribution is -2.38. The van der Waals surface area contributed by atoms with Crippen LogP contribution in [0, 0.1) is 0 Å². The van der Waals surface area contributed by atoms with Crippen LogP contribution in [-0.2, 0) is 15.7 Å². The molecule has 1 unspecified atom stereocenters. The zero-order valence-corrected chi connectivity index (χ0v) is 15.8. The van der Waals surface area contributed by atoms with Gasteiger partial charge >= 0.3 is 7.67 Å². The fourth-order valence-corrected chi connectivity index (χ4v) is 5.90.